The molecule has 10 heteroatoms. The maximum atomic E-state index is 12.5. The molecule has 0 aromatic heterocycles. The molecule has 0 saturated carbocycles. The first-order chi connectivity index (χ1) is 21.4. The third-order valence-electron chi connectivity index (χ3n) is 5.99. The van der Waals surface area contributed by atoms with Crippen molar-refractivity contribution < 1.29 is 47.9 Å². The van der Waals surface area contributed by atoms with Gasteiger partial charge in [-0.2, -0.15) is 0 Å². The van der Waals surface area contributed by atoms with Crippen molar-refractivity contribution in [1.29, 1.82) is 0 Å². The Morgan fingerprint density at radius 1 is 0.659 bits per heavy atom. The first-order valence-corrected chi connectivity index (χ1v) is 14.0. The number of hydrogen-bond donors (Lipinski definition) is 1. The van der Waals surface area contributed by atoms with Gasteiger partial charge in [-0.05, 0) is 60.5 Å². The number of rotatable bonds is 19. The largest absolute Gasteiger partial charge is 0.493 e. The predicted molar refractivity (Wildman–Crippen MR) is 161 cm³/mol. The second-order valence-electron chi connectivity index (χ2n) is 9.25. The van der Waals surface area contributed by atoms with Crippen LogP contribution in [-0.4, -0.2) is 56.0 Å². The molecule has 0 radical (unpaired) electrons. The number of ether oxygens (including phenoxy) is 6. The molecular weight excluding hydrogens is 568 g/mol. The Morgan fingerprint density at radius 3 is 1.68 bits per heavy atom. The van der Waals surface area contributed by atoms with E-state index in [1.165, 1.54) is 0 Å². The van der Waals surface area contributed by atoms with Crippen LogP contribution in [0.1, 0.15) is 40.6 Å². The van der Waals surface area contributed by atoms with E-state index in [9.17, 15) is 19.5 Å². The Labute approximate surface area is 256 Å². The summed E-state index contributed by atoms with van der Waals surface area (Å²) in [7, 11) is 0. The Hall–Kier alpha value is -4.93. The van der Waals surface area contributed by atoms with E-state index in [4.69, 9.17) is 28.4 Å². The topological polar surface area (TPSA) is 127 Å². The quantitative estimate of drug-likeness (QED) is 0.0645. The summed E-state index contributed by atoms with van der Waals surface area (Å²) in [6, 6.07) is 20.5. The van der Waals surface area contributed by atoms with E-state index in [-0.39, 0.29) is 19.8 Å². The second kappa shape index (κ2) is 18.6. The Morgan fingerprint density at radius 2 is 1.16 bits per heavy atom. The summed E-state index contributed by atoms with van der Waals surface area (Å²) in [4.78, 5) is 34.5. The molecule has 0 aliphatic carbocycles. The first kappa shape index (κ1) is 33.6. The highest BCUT2D eigenvalue weighted by Gasteiger charge is 2.11. The average Bonchev–Trinajstić information content (AvgIpc) is 3.05. The van der Waals surface area contributed by atoms with E-state index in [2.05, 4.69) is 13.2 Å². The standard InChI is InChI=1S/C34H36O10/c1-3-31(35)41-22-5-20-39-28-15-9-26(10-16-28)33(37)43-24-19-25-7-13-30(14-8-25)44-34(38)27-11-17-29(18-12-27)40-21-6-23-42-32(36)4-2/h3-4,7-18,33,37H,1-2,5-6,19-24H2. The fraction of sp³-hybridized carbons (Fsp3) is 0.265. The first-order valence-electron chi connectivity index (χ1n) is 14.0. The van der Waals surface area contributed by atoms with Crippen molar-refractivity contribution in [2.75, 3.05) is 33.0 Å². The maximum absolute atomic E-state index is 12.5. The fourth-order valence-electron chi connectivity index (χ4n) is 3.65. The van der Waals surface area contributed by atoms with Crippen LogP contribution in [0.5, 0.6) is 17.2 Å². The van der Waals surface area contributed by atoms with Crippen molar-refractivity contribution in [2.24, 2.45) is 0 Å². The molecule has 0 aliphatic heterocycles. The van der Waals surface area contributed by atoms with Crippen LogP contribution in [0.4, 0.5) is 0 Å². The lowest BCUT2D eigenvalue weighted by Crippen LogP contribution is -2.09. The van der Waals surface area contributed by atoms with Gasteiger partial charge in [0.15, 0.2) is 6.29 Å². The van der Waals surface area contributed by atoms with E-state index >= 15 is 0 Å². The van der Waals surface area contributed by atoms with Gasteiger partial charge < -0.3 is 33.5 Å². The zero-order valence-corrected chi connectivity index (χ0v) is 24.4. The lowest BCUT2D eigenvalue weighted by atomic mass is 10.1. The van der Waals surface area contributed by atoms with Gasteiger partial charge in [0, 0.05) is 30.6 Å². The summed E-state index contributed by atoms with van der Waals surface area (Å²) >= 11 is 0. The van der Waals surface area contributed by atoms with Crippen LogP contribution in [0, 0.1) is 0 Å². The summed E-state index contributed by atoms with van der Waals surface area (Å²) in [5.74, 6) is 0.162. The molecule has 1 unspecified atom stereocenters. The highest BCUT2D eigenvalue weighted by molar-refractivity contribution is 5.91. The van der Waals surface area contributed by atoms with Crippen LogP contribution < -0.4 is 14.2 Å². The number of esters is 3. The van der Waals surface area contributed by atoms with Gasteiger partial charge in [0.1, 0.15) is 17.2 Å². The van der Waals surface area contributed by atoms with E-state index in [1.807, 2.05) is 12.1 Å². The van der Waals surface area contributed by atoms with Crippen molar-refractivity contribution in [3.8, 4) is 17.2 Å². The average molecular weight is 605 g/mol. The number of hydrogen-bond acceptors (Lipinski definition) is 10. The molecule has 10 nitrogen and oxygen atoms in total. The lowest BCUT2D eigenvalue weighted by Gasteiger charge is -2.13. The molecule has 3 rings (SSSR count). The number of carbonyl (C=O) groups is 3. The third kappa shape index (κ3) is 12.1. The van der Waals surface area contributed by atoms with Gasteiger partial charge in [0.2, 0.25) is 0 Å². The molecule has 232 valence electrons. The summed E-state index contributed by atoms with van der Waals surface area (Å²) in [6.07, 6.45) is 2.73. The van der Waals surface area contributed by atoms with Gasteiger partial charge in [-0.15, -0.1) is 0 Å². The molecule has 3 aromatic carbocycles. The number of aliphatic hydroxyl groups excluding tert-OH is 1. The normalized spacial score (nSPS) is 11.1. The number of aliphatic hydroxyl groups is 1. The van der Waals surface area contributed by atoms with Gasteiger partial charge in [0.25, 0.3) is 0 Å². The van der Waals surface area contributed by atoms with Crippen LogP contribution in [-0.2, 0) is 30.2 Å². The molecule has 0 fully saturated rings. The monoisotopic (exact) mass is 604 g/mol. The molecule has 0 spiro atoms. The van der Waals surface area contributed by atoms with E-state index in [1.54, 1.807) is 60.7 Å². The molecular formula is C34H36O10. The van der Waals surface area contributed by atoms with Crippen molar-refractivity contribution in [3.05, 3.63) is 115 Å². The van der Waals surface area contributed by atoms with Crippen LogP contribution in [0.25, 0.3) is 0 Å². The maximum Gasteiger partial charge on any atom is 0.343 e. The Bertz CT molecular complexity index is 1350. The van der Waals surface area contributed by atoms with Gasteiger partial charge >= 0.3 is 17.9 Å². The summed E-state index contributed by atoms with van der Waals surface area (Å²) in [6.45, 7) is 8.15. The molecule has 3 aromatic rings. The Kier molecular flexibility index (Phi) is 14.2. The molecule has 1 N–H and O–H groups in total. The molecule has 0 heterocycles. The number of carbonyl (C=O) groups excluding carboxylic acids is 3. The predicted octanol–water partition coefficient (Wildman–Crippen LogP) is 5.15. The molecule has 1 atom stereocenters. The zero-order chi connectivity index (χ0) is 31.6. The van der Waals surface area contributed by atoms with Crippen molar-refractivity contribution in [1.82, 2.24) is 0 Å². The van der Waals surface area contributed by atoms with E-state index in [0.29, 0.717) is 60.9 Å². The van der Waals surface area contributed by atoms with E-state index < -0.39 is 24.2 Å². The molecule has 0 amide bonds. The van der Waals surface area contributed by atoms with Crippen LogP contribution >= 0.6 is 0 Å². The minimum atomic E-state index is -1.10. The van der Waals surface area contributed by atoms with Crippen molar-refractivity contribution in [3.63, 3.8) is 0 Å². The fourth-order valence-corrected chi connectivity index (χ4v) is 3.65. The third-order valence-corrected chi connectivity index (χ3v) is 5.99. The smallest absolute Gasteiger partial charge is 0.343 e. The van der Waals surface area contributed by atoms with Gasteiger partial charge in [0.05, 0.1) is 38.6 Å². The molecule has 44 heavy (non-hydrogen) atoms. The lowest BCUT2D eigenvalue weighted by molar-refractivity contribution is -0.138. The Balaban J connectivity index is 1.34. The SMILES string of the molecule is C=CC(=O)OCCCOc1ccc(C(=O)Oc2ccc(CCOC(O)c3ccc(OCCCOC(=O)C=C)cc3)cc2)cc1. The van der Waals surface area contributed by atoms with E-state index in [0.717, 1.165) is 17.7 Å². The van der Waals surface area contributed by atoms with Crippen molar-refractivity contribution in [2.45, 2.75) is 25.6 Å². The number of benzene rings is 3. The minimum absolute atomic E-state index is 0.232. The van der Waals surface area contributed by atoms with Crippen LogP contribution in [0.2, 0.25) is 0 Å². The molecule has 0 aliphatic rings. The molecule has 0 saturated heterocycles. The summed E-state index contributed by atoms with van der Waals surface area (Å²) in [5, 5.41) is 10.4. The van der Waals surface area contributed by atoms with Crippen molar-refractivity contribution >= 4 is 17.9 Å². The highest BCUT2D eigenvalue weighted by Crippen LogP contribution is 2.20. The van der Waals surface area contributed by atoms with Gasteiger partial charge in [-0.1, -0.05) is 37.4 Å². The zero-order valence-electron chi connectivity index (χ0n) is 24.4. The minimum Gasteiger partial charge on any atom is -0.493 e. The summed E-state index contributed by atoms with van der Waals surface area (Å²) < 4.78 is 32.0. The highest BCUT2D eigenvalue weighted by atomic mass is 16.6. The van der Waals surface area contributed by atoms with Crippen LogP contribution in [0.3, 0.4) is 0 Å². The molecule has 0 bridgehead atoms. The summed E-state index contributed by atoms with van der Waals surface area (Å²) in [5.41, 5.74) is 1.90. The van der Waals surface area contributed by atoms with Gasteiger partial charge in [-0.25, -0.2) is 14.4 Å². The van der Waals surface area contributed by atoms with Crippen LogP contribution in [0.15, 0.2) is 98.1 Å². The van der Waals surface area contributed by atoms with Gasteiger partial charge in [-0.3, -0.25) is 0 Å². The second-order valence-corrected chi connectivity index (χ2v) is 9.25.